The van der Waals surface area contributed by atoms with Crippen molar-refractivity contribution in [3.8, 4) is 45.9 Å². The number of benzene rings is 6. The van der Waals surface area contributed by atoms with E-state index in [0.29, 0.717) is 143 Å². The molecule has 0 radical (unpaired) electrons. The molecule has 15 aromatic rings. The van der Waals surface area contributed by atoms with Crippen LogP contribution < -0.4 is 22.4 Å². The molecule has 12 heterocycles. The summed E-state index contributed by atoms with van der Waals surface area (Å²) in [6.07, 6.45) is 14.5. The summed E-state index contributed by atoms with van der Waals surface area (Å²) in [5.74, 6) is -0.734. The van der Waals surface area contributed by atoms with Crippen molar-refractivity contribution in [2.24, 2.45) is 21.1 Å². The van der Waals surface area contributed by atoms with Gasteiger partial charge in [-0.15, -0.1) is 12.4 Å². The van der Waals surface area contributed by atoms with Crippen molar-refractivity contribution in [3.05, 3.63) is 267 Å². The van der Waals surface area contributed by atoms with Crippen LogP contribution in [0.5, 0.6) is 0 Å². The Kier molecular flexibility index (Phi) is 23.6. The lowest BCUT2D eigenvalue weighted by atomic mass is 10.00. The molecule has 36 heteroatoms. The van der Waals surface area contributed by atoms with E-state index in [1.54, 1.807) is 213 Å². The van der Waals surface area contributed by atoms with Crippen LogP contribution in [0.25, 0.3) is 78.6 Å². The van der Waals surface area contributed by atoms with Crippen LogP contribution in [0, 0.1) is 76.4 Å². The maximum Gasteiger partial charge on any atom is 0.410 e. The summed E-state index contributed by atoms with van der Waals surface area (Å²) in [5.41, 5.74) is 8.98. The Labute approximate surface area is 722 Å². The summed E-state index contributed by atoms with van der Waals surface area (Å²) in [6, 6.07) is 19.3. The Hall–Kier alpha value is -12.8. The first kappa shape index (κ1) is 87.6. The quantitative estimate of drug-likeness (QED) is 0.134. The van der Waals surface area contributed by atoms with E-state index in [1.807, 2.05) is 47.6 Å². The molecule has 2 amide bonds. The zero-order valence-corrected chi connectivity index (χ0v) is 73.9. The number of amides is 2. The topological polar surface area (TPSA) is 270 Å². The molecule has 648 valence electrons. The first-order valence-corrected chi connectivity index (χ1v) is 40.7. The van der Waals surface area contributed by atoms with Gasteiger partial charge in [0.05, 0.1) is 113 Å². The molecule has 3 aliphatic rings. The molecular weight excluding hydrogens is 1690 g/mol. The lowest BCUT2D eigenvalue weighted by Crippen LogP contribution is -2.42. The molecule has 124 heavy (non-hydrogen) atoms. The van der Waals surface area contributed by atoms with Crippen molar-refractivity contribution in [2.75, 3.05) is 19.6 Å². The van der Waals surface area contributed by atoms with Crippen LogP contribution in [0.1, 0.15) is 148 Å². The SMILES string of the molecule is Cc1cc(-n2nc3c(c2-n2cc[nH]c2=O)[C@H](C)N(C(=O)OC(C)(C)C)CC3)cc(C)c1F.Cc1cc(-n2nc3c(c2-n2ccn(-c4ccc5c(cnn5C)c4F)c2=O)[C@H](C)N(C(=O)OC(C)(C)C)CC3)cc(C)c1F.Cc1cc(-n2nc3c(c2-n2ccn(-c4ccc5c(cnn5C)c4F)c2=O)[C@H](C)NCC3)cc(C)c1F.Cl.Cn1ncc2c(F)c(Br)ccc21. The minimum atomic E-state index is -0.694. The van der Waals surface area contributed by atoms with Gasteiger partial charge in [0, 0.05) is 120 Å². The first-order valence-electron chi connectivity index (χ1n) is 39.9. The van der Waals surface area contributed by atoms with Crippen molar-refractivity contribution in [1.29, 1.82) is 0 Å². The number of rotatable bonds is 8. The molecule has 0 bridgehead atoms. The van der Waals surface area contributed by atoms with Crippen LogP contribution in [0.2, 0.25) is 0 Å². The molecule has 2 N–H and O–H groups in total. The number of H-pyrrole nitrogens is 1. The number of hydrogen-bond acceptors (Lipinski definition) is 14. The lowest BCUT2D eigenvalue weighted by Gasteiger charge is -2.34. The number of ether oxygens (including phenoxy) is 2. The van der Waals surface area contributed by atoms with Crippen LogP contribution in [0.4, 0.5) is 35.9 Å². The second kappa shape index (κ2) is 33.5. The van der Waals surface area contributed by atoms with E-state index in [2.05, 4.69) is 41.5 Å². The fourth-order valence-corrected chi connectivity index (χ4v) is 16.6. The number of imidazole rings is 3. The Morgan fingerprint density at radius 1 is 0.452 bits per heavy atom. The first-order chi connectivity index (χ1) is 58.2. The zero-order chi connectivity index (χ0) is 88.3. The van der Waals surface area contributed by atoms with E-state index in [9.17, 15) is 41.5 Å². The van der Waals surface area contributed by atoms with Crippen molar-refractivity contribution in [3.63, 3.8) is 0 Å². The maximum absolute atomic E-state index is 15.6. The fourth-order valence-electron chi connectivity index (χ4n) is 16.3. The molecule has 6 aromatic carbocycles. The summed E-state index contributed by atoms with van der Waals surface area (Å²) >= 11 is 3.11. The summed E-state index contributed by atoms with van der Waals surface area (Å²) in [6.45, 7) is 28.4. The third kappa shape index (κ3) is 16.0. The van der Waals surface area contributed by atoms with E-state index in [-0.39, 0.29) is 64.8 Å². The summed E-state index contributed by atoms with van der Waals surface area (Å²) in [4.78, 5) is 72.4. The van der Waals surface area contributed by atoms with Crippen molar-refractivity contribution < 1.29 is 45.4 Å². The Bertz CT molecular complexity index is 6860. The zero-order valence-electron chi connectivity index (χ0n) is 71.5. The third-order valence-electron chi connectivity index (χ3n) is 22.3. The highest BCUT2D eigenvalue weighted by atomic mass is 79.9. The van der Waals surface area contributed by atoms with Gasteiger partial charge in [0.15, 0.2) is 11.6 Å². The van der Waals surface area contributed by atoms with Gasteiger partial charge in [0.1, 0.15) is 51.9 Å². The van der Waals surface area contributed by atoms with E-state index in [0.717, 1.165) is 34.6 Å². The largest absolute Gasteiger partial charge is 0.444 e. The van der Waals surface area contributed by atoms with Crippen LogP contribution in [-0.2, 0) is 49.9 Å². The van der Waals surface area contributed by atoms with Gasteiger partial charge in [0.25, 0.3) is 0 Å². The number of hydrogen-bond donors (Lipinski definition) is 2. The average molecular weight is 1790 g/mol. The number of nitrogens with zero attached hydrogens (tertiary/aromatic N) is 19. The molecule has 0 fully saturated rings. The van der Waals surface area contributed by atoms with Gasteiger partial charge >= 0.3 is 29.3 Å². The number of fused-ring (bicyclic) bond motifs is 6. The van der Waals surface area contributed by atoms with E-state index in [4.69, 9.17) is 24.8 Å². The van der Waals surface area contributed by atoms with Gasteiger partial charge in [0.2, 0.25) is 0 Å². The number of carbonyl (C=O) groups is 2. The predicted octanol–water partition coefficient (Wildman–Crippen LogP) is 16.1. The molecule has 0 unspecified atom stereocenters. The van der Waals surface area contributed by atoms with Crippen LogP contribution in [0.3, 0.4) is 0 Å². The van der Waals surface area contributed by atoms with Crippen molar-refractivity contribution in [1.82, 2.24) is 102 Å². The Morgan fingerprint density at radius 3 is 1.15 bits per heavy atom. The maximum atomic E-state index is 15.6. The average Bonchev–Trinajstić information content (AvgIpc) is 1.59. The molecule has 0 spiro atoms. The third-order valence-corrected chi connectivity index (χ3v) is 22.9. The molecule has 28 nitrogen and oxygen atoms in total. The van der Waals surface area contributed by atoms with Gasteiger partial charge in [-0.25, -0.2) is 64.4 Å². The van der Waals surface area contributed by atoms with E-state index in [1.165, 1.54) is 53.7 Å². The number of carbonyl (C=O) groups excluding carboxylic acids is 2. The highest BCUT2D eigenvalue weighted by molar-refractivity contribution is 9.10. The lowest BCUT2D eigenvalue weighted by molar-refractivity contribution is 0.0148. The smallest absolute Gasteiger partial charge is 0.410 e. The van der Waals surface area contributed by atoms with Crippen LogP contribution in [0.15, 0.2) is 147 Å². The van der Waals surface area contributed by atoms with Gasteiger partial charge < -0.3 is 29.6 Å². The molecule has 3 aliphatic heterocycles. The molecule has 3 atom stereocenters. The second-order valence-electron chi connectivity index (χ2n) is 33.1. The normalized spacial score (nSPS) is 15.1. The number of aryl methyl sites for hydroxylation is 9. The van der Waals surface area contributed by atoms with E-state index < -0.39 is 52.4 Å². The Morgan fingerprint density at radius 2 is 0.790 bits per heavy atom. The number of aromatic nitrogens is 18. The molecule has 0 saturated heterocycles. The fraction of sp³-hybridized carbons (Fsp3) is 0.330. The summed E-state index contributed by atoms with van der Waals surface area (Å²) in [7, 11) is 5.24. The predicted molar refractivity (Wildman–Crippen MR) is 463 cm³/mol. The molecular formula is C88H93BrClF6N21O7. The summed E-state index contributed by atoms with van der Waals surface area (Å²) < 4.78 is 116. The minimum absolute atomic E-state index is 0. The van der Waals surface area contributed by atoms with Gasteiger partial charge in [-0.1, -0.05) is 0 Å². The number of halogens is 8. The molecule has 0 aliphatic carbocycles. The van der Waals surface area contributed by atoms with Crippen LogP contribution in [-0.4, -0.2) is 139 Å². The monoisotopic (exact) mass is 1780 g/mol. The molecule has 18 rings (SSSR count). The van der Waals surface area contributed by atoms with Crippen LogP contribution >= 0.6 is 28.3 Å². The number of nitrogens with one attached hydrogen (secondary N) is 2. The standard InChI is InChI=1S/C31H33F2N7O3.C26H25F2N7O.C23H28FN5O3.C8H6BrFN2.ClH/c1-17-14-20(15-18(2)26(17)32)40-28(25-19(3)37(11-10-22(25)35-40)30(42)43-31(4,5)6)39-13-12-38(29(39)41)24-9-8-23-21(27(24)33)16-34-36(23)7;1-14-11-17(12-15(2)23(14)27)35-25(22-16(3)29-8-7-19(22)31-35)34-10-9-33(26(34)36)21-6-5-20-18(24(21)28)13-30-32(20)4;1-13-11-16(12-14(2)19(13)24)29-20(28-10-8-25-21(28)30)18-15(3)27(9-7-17(18)26-29)22(31)32-23(4,5)6;1-12-7-3-2-6(9)8(10)5(7)4-11-12;/h8-9,12-16,19H,10-11H2,1-7H3;5-6,9-13,16,29H,7-8H2,1-4H3;8,10-12,15H,7,9H2,1-6H3,(H,25,30);2-4H,1H3;1H/t19-;16-;15-;;/m000../s1. The van der Waals surface area contributed by atoms with Gasteiger partial charge in [-0.05, 0) is 226 Å². The molecule has 0 saturated carbocycles. The highest BCUT2D eigenvalue weighted by Gasteiger charge is 2.40. The van der Waals surface area contributed by atoms with Crippen molar-refractivity contribution in [2.45, 2.75) is 152 Å². The minimum Gasteiger partial charge on any atom is -0.444 e. The van der Waals surface area contributed by atoms with Gasteiger partial charge in [-0.3, -0.25) is 36.9 Å². The second-order valence-corrected chi connectivity index (χ2v) is 34.0. The number of aromatic amines is 1. The molecule has 9 aromatic heterocycles. The highest BCUT2D eigenvalue weighted by Crippen LogP contribution is 2.41. The van der Waals surface area contributed by atoms with Gasteiger partial charge in [-0.2, -0.15) is 30.6 Å². The van der Waals surface area contributed by atoms with E-state index >= 15 is 8.78 Å². The summed E-state index contributed by atoms with van der Waals surface area (Å²) in [5, 5.41) is 31.3. The Balaban J connectivity index is 0.000000142. The van der Waals surface area contributed by atoms with Crippen molar-refractivity contribution >= 4 is 73.2 Å².